The zero-order valence-electron chi connectivity index (χ0n) is 17.9. The number of pyridine rings is 1. The number of carbonyl (C=O) groups excluding carboxylic acids is 1. The van der Waals surface area contributed by atoms with Crippen molar-refractivity contribution in [1.29, 1.82) is 0 Å². The van der Waals surface area contributed by atoms with Crippen LogP contribution >= 0.6 is 0 Å². The standard InChI is InChI=1S/C26H24N4O2/c1-30(17-24-16-25(29-32-24)19-8-12-28-13-9-19)26(31)23-5-4-21-14-20(2-3-22(21)15-23)18-6-10-27-11-7-18/h2-6,8-9,12-16,27H,7,10-11,17H2,1H3. The third-order valence-corrected chi connectivity index (χ3v) is 5.80. The van der Waals surface area contributed by atoms with Crippen LogP contribution in [-0.2, 0) is 6.54 Å². The maximum Gasteiger partial charge on any atom is 0.254 e. The van der Waals surface area contributed by atoms with Crippen LogP contribution in [0.1, 0.15) is 28.1 Å². The van der Waals surface area contributed by atoms with Crippen molar-refractivity contribution in [2.24, 2.45) is 0 Å². The second-order valence-corrected chi connectivity index (χ2v) is 8.04. The molecular weight excluding hydrogens is 400 g/mol. The van der Waals surface area contributed by atoms with Gasteiger partial charge in [0.1, 0.15) is 5.69 Å². The van der Waals surface area contributed by atoms with Gasteiger partial charge in [0, 0.05) is 43.2 Å². The zero-order valence-corrected chi connectivity index (χ0v) is 17.9. The molecule has 0 fully saturated rings. The number of fused-ring (bicyclic) bond motifs is 1. The van der Waals surface area contributed by atoms with Crippen molar-refractivity contribution in [3.05, 3.63) is 90.0 Å². The van der Waals surface area contributed by atoms with E-state index in [1.54, 1.807) is 24.3 Å². The first-order valence-electron chi connectivity index (χ1n) is 10.7. The van der Waals surface area contributed by atoms with Gasteiger partial charge >= 0.3 is 0 Å². The monoisotopic (exact) mass is 424 g/mol. The van der Waals surface area contributed by atoms with Crippen molar-refractivity contribution in [2.75, 3.05) is 20.1 Å². The van der Waals surface area contributed by atoms with E-state index in [9.17, 15) is 4.79 Å². The van der Waals surface area contributed by atoms with Crippen LogP contribution in [0.25, 0.3) is 27.6 Å². The molecule has 1 aliphatic heterocycles. The van der Waals surface area contributed by atoms with Gasteiger partial charge in [-0.1, -0.05) is 29.4 Å². The Hall–Kier alpha value is -3.77. The predicted molar refractivity (Wildman–Crippen MR) is 125 cm³/mol. The maximum absolute atomic E-state index is 13.0. The molecule has 4 aromatic rings. The smallest absolute Gasteiger partial charge is 0.254 e. The van der Waals surface area contributed by atoms with E-state index in [2.05, 4.69) is 39.7 Å². The van der Waals surface area contributed by atoms with E-state index in [1.807, 2.05) is 36.4 Å². The molecule has 1 aliphatic rings. The molecule has 0 spiro atoms. The normalized spacial score (nSPS) is 13.7. The number of nitrogens with one attached hydrogen (secondary N) is 1. The van der Waals surface area contributed by atoms with Gasteiger partial charge in [-0.25, -0.2) is 0 Å². The summed E-state index contributed by atoms with van der Waals surface area (Å²) >= 11 is 0. The van der Waals surface area contributed by atoms with Gasteiger partial charge < -0.3 is 14.7 Å². The largest absolute Gasteiger partial charge is 0.359 e. The summed E-state index contributed by atoms with van der Waals surface area (Å²) in [7, 11) is 1.77. The summed E-state index contributed by atoms with van der Waals surface area (Å²) in [4.78, 5) is 18.7. The third kappa shape index (κ3) is 4.18. The molecule has 0 bridgehead atoms. The van der Waals surface area contributed by atoms with E-state index in [0.29, 0.717) is 17.9 Å². The van der Waals surface area contributed by atoms with Gasteiger partial charge in [-0.2, -0.15) is 0 Å². The number of benzene rings is 2. The Labute approximate surface area is 186 Å². The molecular formula is C26H24N4O2. The average molecular weight is 425 g/mol. The summed E-state index contributed by atoms with van der Waals surface area (Å²) in [5, 5.41) is 9.65. The second-order valence-electron chi connectivity index (χ2n) is 8.04. The highest BCUT2D eigenvalue weighted by Gasteiger charge is 2.16. The molecule has 0 radical (unpaired) electrons. The number of nitrogens with zero attached hydrogens (tertiary/aromatic N) is 3. The van der Waals surface area contributed by atoms with Crippen LogP contribution in [0, 0.1) is 0 Å². The van der Waals surface area contributed by atoms with E-state index in [4.69, 9.17) is 4.52 Å². The summed E-state index contributed by atoms with van der Waals surface area (Å²) in [6.45, 7) is 2.28. The van der Waals surface area contributed by atoms with Gasteiger partial charge in [-0.3, -0.25) is 9.78 Å². The lowest BCUT2D eigenvalue weighted by molar-refractivity contribution is 0.0772. The van der Waals surface area contributed by atoms with Crippen molar-refractivity contribution >= 4 is 22.3 Å². The van der Waals surface area contributed by atoms with Crippen molar-refractivity contribution in [1.82, 2.24) is 20.4 Å². The van der Waals surface area contributed by atoms with E-state index in [0.717, 1.165) is 41.5 Å². The molecule has 32 heavy (non-hydrogen) atoms. The molecule has 1 N–H and O–H groups in total. The molecule has 5 rings (SSSR count). The number of hydrogen-bond donors (Lipinski definition) is 1. The first-order chi connectivity index (χ1) is 15.7. The highest BCUT2D eigenvalue weighted by atomic mass is 16.5. The lowest BCUT2D eigenvalue weighted by atomic mass is 9.96. The number of rotatable bonds is 5. The Morgan fingerprint density at radius 2 is 1.84 bits per heavy atom. The molecule has 0 atom stereocenters. The Balaban J connectivity index is 1.31. The van der Waals surface area contributed by atoms with Crippen LogP contribution in [-0.4, -0.2) is 41.1 Å². The lowest BCUT2D eigenvalue weighted by Gasteiger charge is -2.16. The molecule has 0 unspecified atom stereocenters. The minimum absolute atomic E-state index is 0.0566. The zero-order chi connectivity index (χ0) is 21.9. The molecule has 1 amide bonds. The molecule has 0 aliphatic carbocycles. The first-order valence-corrected chi connectivity index (χ1v) is 10.7. The van der Waals surface area contributed by atoms with Gasteiger partial charge in [-0.15, -0.1) is 0 Å². The fraction of sp³-hybridized carbons (Fsp3) is 0.192. The average Bonchev–Trinajstić information content (AvgIpc) is 3.32. The van der Waals surface area contributed by atoms with Crippen molar-refractivity contribution in [3.63, 3.8) is 0 Å². The molecule has 0 saturated carbocycles. The summed E-state index contributed by atoms with van der Waals surface area (Å²) in [6, 6.07) is 17.9. The lowest BCUT2D eigenvalue weighted by Crippen LogP contribution is -2.25. The molecule has 2 aromatic heterocycles. The third-order valence-electron chi connectivity index (χ3n) is 5.80. The minimum Gasteiger partial charge on any atom is -0.359 e. The minimum atomic E-state index is -0.0566. The predicted octanol–water partition coefficient (Wildman–Crippen LogP) is 4.54. The summed E-state index contributed by atoms with van der Waals surface area (Å²) < 4.78 is 5.44. The highest BCUT2D eigenvalue weighted by molar-refractivity contribution is 5.99. The van der Waals surface area contributed by atoms with Crippen LogP contribution in [0.3, 0.4) is 0 Å². The van der Waals surface area contributed by atoms with Gasteiger partial charge in [0.2, 0.25) is 0 Å². The fourth-order valence-corrected chi connectivity index (χ4v) is 4.04. The SMILES string of the molecule is CN(Cc1cc(-c2ccncc2)no1)C(=O)c1ccc2cc(C3=CCNCC3)ccc2c1. The molecule has 6 heteroatoms. The Bertz CT molecular complexity index is 1290. The van der Waals surface area contributed by atoms with E-state index in [1.165, 1.54) is 11.1 Å². The number of carbonyl (C=O) groups is 1. The number of hydrogen-bond acceptors (Lipinski definition) is 5. The second kappa shape index (κ2) is 8.77. The van der Waals surface area contributed by atoms with Crippen LogP contribution < -0.4 is 5.32 Å². The fourth-order valence-electron chi connectivity index (χ4n) is 4.04. The van der Waals surface area contributed by atoms with Gasteiger partial charge in [0.25, 0.3) is 5.91 Å². The highest BCUT2D eigenvalue weighted by Crippen LogP contribution is 2.26. The Morgan fingerprint density at radius 3 is 2.66 bits per heavy atom. The summed E-state index contributed by atoms with van der Waals surface area (Å²) in [6.07, 6.45) is 6.72. The molecule has 6 nitrogen and oxygen atoms in total. The number of aromatic nitrogens is 2. The topological polar surface area (TPSA) is 71.3 Å². The summed E-state index contributed by atoms with van der Waals surface area (Å²) in [5.41, 5.74) is 4.95. The van der Waals surface area contributed by atoms with Crippen molar-refractivity contribution in [2.45, 2.75) is 13.0 Å². The number of amides is 1. The molecule has 2 aromatic carbocycles. The Morgan fingerprint density at radius 1 is 1.03 bits per heavy atom. The molecule has 3 heterocycles. The van der Waals surface area contributed by atoms with Gasteiger partial charge in [-0.05, 0) is 65.2 Å². The van der Waals surface area contributed by atoms with Crippen molar-refractivity contribution < 1.29 is 9.32 Å². The van der Waals surface area contributed by atoms with Gasteiger partial charge in [0.05, 0.1) is 6.54 Å². The van der Waals surface area contributed by atoms with Crippen LogP contribution in [0.2, 0.25) is 0 Å². The first kappa shape index (κ1) is 20.2. The van der Waals surface area contributed by atoms with Gasteiger partial charge in [0.15, 0.2) is 5.76 Å². The van der Waals surface area contributed by atoms with Crippen molar-refractivity contribution in [3.8, 4) is 11.3 Å². The van der Waals surface area contributed by atoms with Crippen LogP contribution in [0.4, 0.5) is 0 Å². The van der Waals surface area contributed by atoms with E-state index < -0.39 is 0 Å². The van der Waals surface area contributed by atoms with Crippen LogP contribution in [0.15, 0.2) is 77.6 Å². The molecule has 160 valence electrons. The summed E-state index contributed by atoms with van der Waals surface area (Å²) in [5.74, 6) is 0.576. The maximum atomic E-state index is 13.0. The molecule has 0 saturated heterocycles. The Kier molecular flexibility index (Phi) is 5.52. The quantitative estimate of drug-likeness (QED) is 0.509. The van der Waals surface area contributed by atoms with E-state index in [-0.39, 0.29) is 5.91 Å². The van der Waals surface area contributed by atoms with Crippen LogP contribution in [0.5, 0.6) is 0 Å². The van der Waals surface area contributed by atoms with E-state index >= 15 is 0 Å².